The van der Waals surface area contributed by atoms with Crippen molar-refractivity contribution < 1.29 is 10.2 Å². The summed E-state index contributed by atoms with van der Waals surface area (Å²) >= 11 is 0. The van der Waals surface area contributed by atoms with Crippen LogP contribution in [0.3, 0.4) is 0 Å². The molecule has 0 bridgehead atoms. The fourth-order valence-electron chi connectivity index (χ4n) is 8.95. The zero-order chi connectivity index (χ0) is 22.7. The van der Waals surface area contributed by atoms with Crippen molar-refractivity contribution in [1.82, 2.24) is 0 Å². The Bertz CT molecular complexity index is 689. The first-order valence-corrected chi connectivity index (χ1v) is 13.6. The first-order valence-electron chi connectivity index (χ1n) is 13.6. The molecule has 3 saturated carbocycles. The van der Waals surface area contributed by atoms with Crippen LogP contribution in [0.1, 0.15) is 119 Å². The molecule has 0 saturated heterocycles. The van der Waals surface area contributed by atoms with Gasteiger partial charge in [-0.25, -0.2) is 0 Å². The highest BCUT2D eigenvalue weighted by molar-refractivity contribution is 5.29. The van der Waals surface area contributed by atoms with E-state index in [1.54, 1.807) is 5.57 Å². The Morgan fingerprint density at radius 1 is 1.13 bits per heavy atom. The van der Waals surface area contributed by atoms with Gasteiger partial charge in [-0.2, -0.15) is 0 Å². The minimum Gasteiger partial charge on any atom is -0.390 e. The van der Waals surface area contributed by atoms with Crippen molar-refractivity contribution in [3.05, 3.63) is 11.6 Å². The van der Waals surface area contributed by atoms with E-state index in [2.05, 4.69) is 33.8 Å². The standard InChI is InChI=1S/C29H50O2/c1-7-29(31)18-17-27(5)21(19-29)10-11-22-24-13-12-23(28(24,6)16-14-25(22)27)20(2)9-8-15-26(3,4)30/h14,20-24,30-31H,7-13,15-19H2,1-6H3/t20-,21+,22?,23?,24?,27?,28?,29+/m1/s1. The van der Waals surface area contributed by atoms with Gasteiger partial charge in [-0.15, -0.1) is 0 Å². The van der Waals surface area contributed by atoms with Crippen LogP contribution in [0.5, 0.6) is 0 Å². The zero-order valence-corrected chi connectivity index (χ0v) is 21.3. The lowest BCUT2D eigenvalue weighted by Gasteiger charge is -2.58. The van der Waals surface area contributed by atoms with Crippen LogP contribution in [0.2, 0.25) is 0 Å². The van der Waals surface area contributed by atoms with Gasteiger partial charge < -0.3 is 10.2 Å². The van der Waals surface area contributed by atoms with Gasteiger partial charge in [-0.05, 0) is 118 Å². The highest BCUT2D eigenvalue weighted by Gasteiger charge is 2.58. The van der Waals surface area contributed by atoms with Gasteiger partial charge in [0.25, 0.3) is 0 Å². The largest absolute Gasteiger partial charge is 0.390 e. The summed E-state index contributed by atoms with van der Waals surface area (Å²) in [5, 5.41) is 21.1. The predicted molar refractivity (Wildman–Crippen MR) is 130 cm³/mol. The topological polar surface area (TPSA) is 40.5 Å². The van der Waals surface area contributed by atoms with Crippen molar-refractivity contribution in [2.45, 2.75) is 130 Å². The highest BCUT2D eigenvalue weighted by atomic mass is 16.3. The van der Waals surface area contributed by atoms with Crippen molar-refractivity contribution in [3.63, 3.8) is 0 Å². The summed E-state index contributed by atoms with van der Waals surface area (Å²) in [5.74, 6) is 3.92. The molecule has 0 spiro atoms. The van der Waals surface area contributed by atoms with Crippen LogP contribution in [0.15, 0.2) is 11.6 Å². The Morgan fingerprint density at radius 3 is 2.55 bits per heavy atom. The average molecular weight is 431 g/mol. The smallest absolute Gasteiger partial charge is 0.0648 e. The molecule has 4 rings (SSSR count). The molecule has 8 atom stereocenters. The van der Waals surface area contributed by atoms with Gasteiger partial charge in [-0.1, -0.05) is 52.2 Å². The molecule has 3 fully saturated rings. The minimum atomic E-state index is -0.525. The second kappa shape index (κ2) is 8.15. The van der Waals surface area contributed by atoms with E-state index in [0.717, 1.165) is 55.8 Å². The lowest BCUT2D eigenvalue weighted by Crippen LogP contribution is -2.51. The van der Waals surface area contributed by atoms with Crippen LogP contribution in [0.25, 0.3) is 0 Å². The fourth-order valence-corrected chi connectivity index (χ4v) is 8.95. The van der Waals surface area contributed by atoms with Gasteiger partial charge in [0.15, 0.2) is 0 Å². The van der Waals surface area contributed by atoms with Crippen LogP contribution in [-0.4, -0.2) is 21.4 Å². The fraction of sp³-hybridized carbons (Fsp3) is 0.931. The first-order chi connectivity index (χ1) is 14.4. The Hall–Kier alpha value is -0.340. The molecule has 0 aromatic heterocycles. The molecule has 0 heterocycles. The maximum atomic E-state index is 11.0. The number of allylic oxidation sites excluding steroid dienone is 2. The zero-order valence-electron chi connectivity index (χ0n) is 21.3. The van der Waals surface area contributed by atoms with Gasteiger partial charge in [0.1, 0.15) is 0 Å². The predicted octanol–water partition coefficient (Wildman–Crippen LogP) is 7.28. The van der Waals surface area contributed by atoms with E-state index in [1.165, 1.54) is 44.9 Å². The first kappa shape index (κ1) is 23.8. The van der Waals surface area contributed by atoms with E-state index >= 15 is 0 Å². The maximum absolute atomic E-state index is 11.0. The van der Waals surface area contributed by atoms with Gasteiger partial charge in [0.05, 0.1) is 11.2 Å². The Kier molecular flexibility index (Phi) is 6.26. The Morgan fingerprint density at radius 2 is 1.87 bits per heavy atom. The summed E-state index contributed by atoms with van der Waals surface area (Å²) in [5.41, 5.74) is 1.67. The molecule has 0 aliphatic heterocycles. The molecule has 2 heteroatoms. The number of fused-ring (bicyclic) bond motifs is 5. The third kappa shape index (κ3) is 4.18. The molecule has 2 nitrogen and oxygen atoms in total. The molecule has 178 valence electrons. The summed E-state index contributed by atoms with van der Waals surface area (Å²) in [7, 11) is 0. The molecular formula is C29H50O2. The Balaban J connectivity index is 1.49. The Labute approximate surface area is 192 Å². The van der Waals surface area contributed by atoms with E-state index in [9.17, 15) is 10.2 Å². The minimum absolute atomic E-state index is 0.335. The van der Waals surface area contributed by atoms with Gasteiger partial charge in [0.2, 0.25) is 0 Å². The van der Waals surface area contributed by atoms with E-state index < -0.39 is 11.2 Å². The van der Waals surface area contributed by atoms with Crippen molar-refractivity contribution in [2.24, 2.45) is 40.4 Å². The number of hydrogen-bond donors (Lipinski definition) is 2. The van der Waals surface area contributed by atoms with Crippen LogP contribution >= 0.6 is 0 Å². The monoisotopic (exact) mass is 430 g/mol. The van der Waals surface area contributed by atoms with Crippen LogP contribution in [-0.2, 0) is 0 Å². The normalized spacial score (nSPS) is 46.0. The number of aliphatic hydroxyl groups is 2. The summed E-state index contributed by atoms with van der Waals surface area (Å²) in [6.07, 6.45) is 16.9. The molecule has 0 radical (unpaired) electrons. The van der Waals surface area contributed by atoms with Gasteiger partial charge in [0, 0.05) is 0 Å². The summed E-state index contributed by atoms with van der Waals surface area (Å²) < 4.78 is 0. The maximum Gasteiger partial charge on any atom is 0.0648 e. The molecule has 0 aromatic carbocycles. The van der Waals surface area contributed by atoms with Crippen molar-refractivity contribution in [3.8, 4) is 0 Å². The number of hydrogen-bond acceptors (Lipinski definition) is 2. The van der Waals surface area contributed by atoms with E-state index in [1.807, 2.05) is 13.8 Å². The SMILES string of the molecule is CC[C@]1(O)CCC2(C)C3=CCC4(C)C(CCC4[C@H](C)CCCC(C)(C)O)C3CC[C@H]2C1. The second-order valence-corrected chi connectivity index (χ2v) is 13.4. The van der Waals surface area contributed by atoms with E-state index in [4.69, 9.17) is 0 Å². The molecule has 5 unspecified atom stereocenters. The average Bonchev–Trinajstić information content (AvgIpc) is 3.05. The summed E-state index contributed by atoms with van der Waals surface area (Å²) in [6.45, 7) is 13.7. The summed E-state index contributed by atoms with van der Waals surface area (Å²) in [4.78, 5) is 0. The second-order valence-electron chi connectivity index (χ2n) is 13.4. The van der Waals surface area contributed by atoms with Crippen molar-refractivity contribution in [2.75, 3.05) is 0 Å². The van der Waals surface area contributed by atoms with Crippen LogP contribution in [0.4, 0.5) is 0 Å². The van der Waals surface area contributed by atoms with Gasteiger partial charge >= 0.3 is 0 Å². The number of rotatable bonds is 6. The molecule has 0 aromatic rings. The van der Waals surface area contributed by atoms with Crippen molar-refractivity contribution in [1.29, 1.82) is 0 Å². The molecule has 4 aliphatic rings. The lowest BCUT2D eigenvalue weighted by atomic mass is 9.47. The third-order valence-electron chi connectivity index (χ3n) is 11.0. The van der Waals surface area contributed by atoms with Crippen LogP contribution < -0.4 is 0 Å². The molecule has 4 aliphatic carbocycles. The molecule has 31 heavy (non-hydrogen) atoms. The van der Waals surface area contributed by atoms with Crippen molar-refractivity contribution >= 4 is 0 Å². The third-order valence-corrected chi connectivity index (χ3v) is 11.0. The molecule has 0 amide bonds. The van der Waals surface area contributed by atoms with E-state index in [-0.39, 0.29) is 0 Å². The quantitative estimate of drug-likeness (QED) is 0.434. The van der Waals surface area contributed by atoms with Gasteiger partial charge in [-0.3, -0.25) is 0 Å². The van der Waals surface area contributed by atoms with E-state index in [0.29, 0.717) is 16.7 Å². The molecule has 2 N–H and O–H groups in total. The summed E-state index contributed by atoms with van der Waals surface area (Å²) in [6, 6.07) is 0. The highest BCUT2D eigenvalue weighted by Crippen LogP contribution is 2.67. The van der Waals surface area contributed by atoms with Crippen LogP contribution in [0, 0.1) is 40.4 Å². The molecular weight excluding hydrogens is 380 g/mol. The lowest BCUT2D eigenvalue weighted by molar-refractivity contribution is -0.0771.